The molecule has 3 rings (SSSR count). The van der Waals surface area contributed by atoms with E-state index in [4.69, 9.17) is 4.74 Å². The van der Waals surface area contributed by atoms with E-state index in [-0.39, 0.29) is 48.6 Å². The number of nitrogens with one attached hydrogen (secondary N) is 1. The molecule has 1 heterocycles. The lowest BCUT2D eigenvalue weighted by Crippen LogP contribution is -2.42. The summed E-state index contributed by atoms with van der Waals surface area (Å²) in [5, 5.41) is 2.97. The molecule has 1 aliphatic heterocycles. The van der Waals surface area contributed by atoms with Crippen LogP contribution in [0.5, 0.6) is 0 Å². The Morgan fingerprint density at radius 2 is 1.50 bits per heavy atom. The fourth-order valence-corrected chi connectivity index (χ4v) is 4.71. The van der Waals surface area contributed by atoms with Gasteiger partial charge in [-0.25, -0.2) is 0 Å². The zero-order valence-corrected chi connectivity index (χ0v) is 16.8. The molecule has 2 aliphatic carbocycles. The minimum Gasteiger partial charge on any atom is -0.452 e. The molecule has 0 spiro atoms. The van der Waals surface area contributed by atoms with Crippen LogP contribution in [0.2, 0.25) is 0 Å². The number of hydrogen-bond donors (Lipinski definition) is 1. The molecule has 156 valence electrons. The summed E-state index contributed by atoms with van der Waals surface area (Å²) in [6, 6.07) is 0.152. The molecule has 28 heavy (non-hydrogen) atoms. The van der Waals surface area contributed by atoms with E-state index in [1.807, 2.05) is 0 Å². The van der Waals surface area contributed by atoms with Crippen LogP contribution in [0, 0.1) is 11.8 Å². The maximum atomic E-state index is 12.4. The highest BCUT2D eigenvalue weighted by molar-refractivity contribution is 6.05. The van der Waals surface area contributed by atoms with Gasteiger partial charge in [-0.15, -0.1) is 0 Å². The van der Waals surface area contributed by atoms with E-state index >= 15 is 0 Å². The molecule has 0 aromatic carbocycles. The Bertz CT molecular complexity index is 588. The third-order valence-electron chi connectivity index (χ3n) is 6.35. The maximum absolute atomic E-state index is 12.4. The number of hydrogen-bond acceptors (Lipinski definition) is 5. The van der Waals surface area contributed by atoms with E-state index in [2.05, 4.69) is 5.32 Å². The van der Waals surface area contributed by atoms with Crippen LogP contribution in [0.25, 0.3) is 0 Å². The van der Waals surface area contributed by atoms with Crippen LogP contribution in [0.15, 0.2) is 0 Å². The van der Waals surface area contributed by atoms with Crippen LogP contribution < -0.4 is 5.32 Å². The average Bonchev–Trinajstić information content (AvgIpc) is 2.85. The number of carbonyl (C=O) groups excluding carboxylic acids is 4. The Labute approximate surface area is 166 Å². The number of nitrogens with zero attached hydrogens (tertiary/aromatic N) is 1. The van der Waals surface area contributed by atoms with Crippen molar-refractivity contribution in [2.24, 2.45) is 11.8 Å². The lowest BCUT2D eigenvalue weighted by atomic mass is 9.81. The maximum Gasteiger partial charge on any atom is 0.308 e. The average molecular weight is 392 g/mol. The van der Waals surface area contributed by atoms with Crippen LogP contribution in [0.4, 0.5) is 0 Å². The molecule has 2 saturated carbocycles. The van der Waals surface area contributed by atoms with E-state index in [0.29, 0.717) is 0 Å². The molecule has 3 fully saturated rings. The zero-order chi connectivity index (χ0) is 20.1. The predicted molar refractivity (Wildman–Crippen MR) is 102 cm³/mol. The fourth-order valence-electron chi connectivity index (χ4n) is 4.71. The minimum absolute atomic E-state index is 0.0421. The molecule has 1 saturated heterocycles. The molecular formula is C21H32N2O5. The summed E-state index contributed by atoms with van der Waals surface area (Å²) in [4.78, 5) is 50.5. The number of ether oxygens (including phenoxy) is 1. The zero-order valence-electron chi connectivity index (χ0n) is 16.8. The topological polar surface area (TPSA) is 92.8 Å². The summed E-state index contributed by atoms with van der Waals surface area (Å²) in [7, 11) is 0. The lowest BCUT2D eigenvalue weighted by Gasteiger charge is -2.20. The molecule has 7 nitrogen and oxygen atoms in total. The van der Waals surface area contributed by atoms with E-state index in [1.54, 1.807) is 6.92 Å². The smallest absolute Gasteiger partial charge is 0.308 e. The summed E-state index contributed by atoms with van der Waals surface area (Å²) >= 11 is 0. The van der Waals surface area contributed by atoms with Gasteiger partial charge >= 0.3 is 5.97 Å². The van der Waals surface area contributed by atoms with Crippen LogP contribution in [-0.2, 0) is 23.9 Å². The van der Waals surface area contributed by atoms with Crippen LogP contribution in [0.3, 0.4) is 0 Å². The van der Waals surface area contributed by atoms with Gasteiger partial charge in [0.25, 0.3) is 5.91 Å². The van der Waals surface area contributed by atoms with Crippen molar-refractivity contribution in [2.75, 3.05) is 6.54 Å². The first-order valence-corrected chi connectivity index (χ1v) is 10.8. The first kappa shape index (κ1) is 20.8. The molecule has 7 heteroatoms. The van der Waals surface area contributed by atoms with Crippen LogP contribution in [-0.4, -0.2) is 47.3 Å². The van der Waals surface area contributed by atoms with E-state index < -0.39 is 12.1 Å². The van der Waals surface area contributed by atoms with Crippen LogP contribution in [0.1, 0.15) is 77.6 Å². The van der Waals surface area contributed by atoms with Gasteiger partial charge in [-0.05, 0) is 32.6 Å². The van der Waals surface area contributed by atoms with Crippen molar-refractivity contribution in [3.05, 3.63) is 0 Å². The van der Waals surface area contributed by atoms with Crippen molar-refractivity contribution in [1.29, 1.82) is 0 Å². The van der Waals surface area contributed by atoms with E-state index in [1.165, 1.54) is 17.7 Å². The van der Waals surface area contributed by atoms with Gasteiger partial charge in [-0.1, -0.05) is 38.5 Å². The molecule has 0 aromatic rings. The summed E-state index contributed by atoms with van der Waals surface area (Å²) in [5.74, 6) is -1.55. The molecule has 3 atom stereocenters. The van der Waals surface area contributed by atoms with Gasteiger partial charge in [-0.2, -0.15) is 0 Å². The van der Waals surface area contributed by atoms with E-state index in [9.17, 15) is 19.2 Å². The second kappa shape index (κ2) is 9.52. The number of amides is 3. The second-order valence-electron chi connectivity index (χ2n) is 8.40. The number of fused-ring (bicyclic) bond motifs is 1. The van der Waals surface area contributed by atoms with Crippen molar-refractivity contribution < 1.29 is 23.9 Å². The van der Waals surface area contributed by atoms with Gasteiger partial charge in [0.15, 0.2) is 6.10 Å². The summed E-state index contributed by atoms with van der Waals surface area (Å²) < 4.78 is 5.23. The minimum atomic E-state index is -0.872. The van der Waals surface area contributed by atoms with Gasteiger partial charge in [0.05, 0.1) is 18.3 Å². The number of rotatable bonds is 6. The van der Waals surface area contributed by atoms with Crippen molar-refractivity contribution in [3.8, 4) is 0 Å². The molecule has 3 aliphatic rings. The van der Waals surface area contributed by atoms with Gasteiger partial charge in [-0.3, -0.25) is 24.1 Å². The Balaban J connectivity index is 1.42. The summed E-state index contributed by atoms with van der Waals surface area (Å²) in [6.07, 6.45) is 9.08. The molecule has 0 unspecified atom stereocenters. The van der Waals surface area contributed by atoms with Crippen molar-refractivity contribution >= 4 is 23.7 Å². The Morgan fingerprint density at radius 1 is 0.964 bits per heavy atom. The third kappa shape index (κ3) is 4.92. The second-order valence-corrected chi connectivity index (χ2v) is 8.40. The monoisotopic (exact) mass is 392 g/mol. The number of carbonyl (C=O) groups is 4. The highest BCUT2D eigenvalue weighted by atomic mass is 16.5. The first-order chi connectivity index (χ1) is 13.5. The largest absolute Gasteiger partial charge is 0.452 e. The normalized spacial score (nSPS) is 27.1. The number of esters is 1. The molecular weight excluding hydrogens is 360 g/mol. The third-order valence-corrected chi connectivity index (χ3v) is 6.35. The Hall–Kier alpha value is -1.92. The highest BCUT2D eigenvalue weighted by Gasteiger charge is 2.47. The quantitative estimate of drug-likeness (QED) is 0.425. The Morgan fingerprint density at radius 3 is 2.07 bits per heavy atom. The molecule has 3 amide bonds. The fraction of sp³-hybridized carbons (Fsp3) is 0.810. The molecule has 0 bridgehead atoms. The van der Waals surface area contributed by atoms with Gasteiger partial charge in [0, 0.05) is 12.6 Å². The molecule has 0 radical (unpaired) electrons. The first-order valence-electron chi connectivity index (χ1n) is 10.8. The summed E-state index contributed by atoms with van der Waals surface area (Å²) in [5.41, 5.74) is 0. The highest BCUT2D eigenvalue weighted by Crippen LogP contribution is 2.37. The number of likely N-dealkylation sites (tertiary alicyclic amines) is 1. The molecule has 0 aromatic heterocycles. The Kier molecular flexibility index (Phi) is 7.08. The van der Waals surface area contributed by atoms with E-state index in [0.717, 1.165) is 51.4 Å². The molecule has 1 N–H and O–H groups in total. The number of imide groups is 1. The lowest BCUT2D eigenvalue weighted by molar-refractivity contribution is -0.156. The van der Waals surface area contributed by atoms with Gasteiger partial charge in [0.1, 0.15) is 0 Å². The van der Waals surface area contributed by atoms with Crippen molar-refractivity contribution in [3.63, 3.8) is 0 Å². The standard InChI is InChI=1S/C21H32N2O5/c1-14(19(25)22-15-8-4-2-3-5-9-15)28-18(24)12-13-23-20(26)16-10-6-7-11-17(16)21(23)27/h14-17H,2-13H2,1H3,(H,22,25)/t14-,16+,17+/m1/s1. The predicted octanol–water partition coefficient (Wildman–Crippen LogP) is 2.32. The SMILES string of the molecule is C[C@@H](OC(=O)CCN1C(=O)[C@H]2CCCC[C@@H]2C1=O)C(=O)NC1CCCCCC1. The van der Waals surface area contributed by atoms with Gasteiger partial charge < -0.3 is 10.1 Å². The van der Waals surface area contributed by atoms with Crippen LogP contribution >= 0.6 is 0 Å². The van der Waals surface area contributed by atoms with Crippen molar-refractivity contribution in [2.45, 2.75) is 89.7 Å². The van der Waals surface area contributed by atoms with Crippen molar-refractivity contribution in [1.82, 2.24) is 10.2 Å². The van der Waals surface area contributed by atoms with Gasteiger partial charge in [0.2, 0.25) is 11.8 Å². The summed E-state index contributed by atoms with van der Waals surface area (Å²) in [6.45, 7) is 1.60.